The lowest BCUT2D eigenvalue weighted by atomic mass is 10.1. The topological polar surface area (TPSA) is 81.1 Å². The second-order valence-corrected chi connectivity index (χ2v) is 9.22. The third-order valence-electron chi connectivity index (χ3n) is 4.08. The Bertz CT molecular complexity index is 888. The Labute approximate surface area is 152 Å². The highest BCUT2D eigenvalue weighted by atomic mass is 35.5. The van der Waals surface area contributed by atoms with E-state index in [1.165, 1.54) is 0 Å². The van der Waals surface area contributed by atoms with Crippen molar-refractivity contribution in [1.82, 2.24) is 15.1 Å². The smallest absolute Gasteiger partial charge is 0.271 e. The summed E-state index contributed by atoms with van der Waals surface area (Å²) in [5.41, 5.74) is 1.83. The fourth-order valence-electron chi connectivity index (χ4n) is 2.92. The fraction of sp³-hybridized carbons (Fsp3) is 0.412. The maximum Gasteiger partial charge on any atom is 0.271 e. The molecule has 1 saturated heterocycles. The molecule has 0 spiro atoms. The van der Waals surface area contributed by atoms with Gasteiger partial charge in [0.1, 0.15) is 0 Å². The largest absolute Gasteiger partial charge is 0.348 e. The van der Waals surface area contributed by atoms with E-state index in [2.05, 4.69) is 10.4 Å². The molecular formula is C17H20ClN3O3S. The number of carbonyl (C=O) groups excluding carboxylic acids is 1. The maximum atomic E-state index is 12.3. The van der Waals surface area contributed by atoms with Gasteiger partial charge in [0.25, 0.3) is 5.91 Å². The molecule has 1 aliphatic rings. The average Bonchev–Trinajstić information content (AvgIpc) is 3.11. The molecule has 1 atom stereocenters. The standard InChI is InChI=1S/C17H20ClN3O3S/c1-11(2)19-17(22)15-9-16(12-3-5-13(18)6-4-12)21(20-15)14-7-8-25(23,24)10-14/h3-6,9,11,14H,7-8,10H2,1-2H3,(H,19,22). The molecule has 2 aromatic rings. The lowest BCUT2D eigenvalue weighted by molar-refractivity contribution is 0.0937. The molecule has 134 valence electrons. The van der Waals surface area contributed by atoms with Crippen LogP contribution in [0, 0.1) is 0 Å². The van der Waals surface area contributed by atoms with Crippen LogP contribution in [-0.2, 0) is 9.84 Å². The van der Waals surface area contributed by atoms with Crippen LogP contribution >= 0.6 is 11.6 Å². The molecule has 0 bridgehead atoms. The number of nitrogens with zero attached hydrogens (tertiary/aromatic N) is 2. The lowest BCUT2D eigenvalue weighted by Crippen LogP contribution is -2.30. The normalized spacial score (nSPS) is 19.3. The van der Waals surface area contributed by atoms with Crippen molar-refractivity contribution in [3.63, 3.8) is 0 Å². The number of aromatic nitrogens is 2. The van der Waals surface area contributed by atoms with Gasteiger partial charge in [0.05, 0.1) is 23.2 Å². The molecule has 2 heterocycles. The van der Waals surface area contributed by atoms with Crippen LogP contribution in [0.25, 0.3) is 11.3 Å². The monoisotopic (exact) mass is 381 g/mol. The lowest BCUT2D eigenvalue weighted by Gasteiger charge is -2.13. The Kier molecular flexibility index (Phi) is 4.88. The summed E-state index contributed by atoms with van der Waals surface area (Å²) >= 11 is 5.95. The van der Waals surface area contributed by atoms with E-state index < -0.39 is 9.84 Å². The Morgan fingerprint density at radius 3 is 2.56 bits per heavy atom. The predicted octanol–water partition coefficient (Wildman–Crippen LogP) is 2.70. The summed E-state index contributed by atoms with van der Waals surface area (Å²) in [6.07, 6.45) is 0.496. The SMILES string of the molecule is CC(C)NC(=O)c1cc(-c2ccc(Cl)cc2)n(C2CCS(=O)(=O)C2)n1. The summed E-state index contributed by atoms with van der Waals surface area (Å²) in [5, 5.41) is 7.84. The van der Waals surface area contributed by atoms with Crippen LogP contribution in [0.15, 0.2) is 30.3 Å². The van der Waals surface area contributed by atoms with Crippen molar-refractivity contribution in [2.24, 2.45) is 0 Å². The van der Waals surface area contributed by atoms with Crippen molar-refractivity contribution in [1.29, 1.82) is 0 Å². The Morgan fingerprint density at radius 2 is 2.00 bits per heavy atom. The molecule has 1 fully saturated rings. The van der Waals surface area contributed by atoms with E-state index in [0.717, 1.165) is 5.56 Å². The molecule has 6 nitrogen and oxygen atoms in total. The van der Waals surface area contributed by atoms with Gasteiger partial charge < -0.3 is 5.32 Å². The van der Waals surface area contributed by atoms with E-state index in [1.54, 1.807) is 22.9 Å². The molecule has 1 aliphatic heterocycles. The first-order valence-corrected chi connectivity index (χ1v) is 10.3. The van der Waals surface area contributed by atoms with Gasteiger partial charge in [-0.05, 0) is 44.0 Å². The summed E-state index contributed by atoms with van der Waals surface area (Å²) in [6.45, 7) is 3.75. The van der Waals surface area contributed by atoms with Crippen LogP contribution in [0.2, 0.25) is 5.02 Å². The summed E-state index contributed by atoms with van der Waals surface area (Å²) in [6, 6.07) is 8.61. The first-order chi connectivity index (χ1) is 11.7. The van der Waals surface area contributed by atoms with Gasteiger partial charge in [-0.15, -0.1) is 0 Å². The van der Waals surface area contributed by atoms with Gasteiger partial charge in [0.15, 0.2) is 15.5 Å². The van der Waals surface area contributed by atoms with Crippen molar-refractivity contribution in [2.75, 3.05) is 11.5 Å². The minimum Gasteiger partial charge on any atom is -0.348 e. The van der Waals surface area contributed by atoms with Gasteiger partial charge >= 0.3 is 0 Å². The zero-order valence-electron chi connectivity index (χ0n) is 14.1. The number of halogens is 1. The van der Waals surface area contributed by atoms with E-state index in [4.69, 9.17) is 11.6 Å². The number of nitrogens with one attached hydrogen (secondary N) is 1. The highest BCUT2D eigenvalue weighted by Crippen LogP contribution is 2.30. The molecule has 3 rings (SSSR count). The Balaban J connectivity index is 2.03. The molecule has 0 radical (unpaired) electrons. The van der Waals surface area contributed by atoms with Gasteiger partial charge in [-0.3, -0.25) is 9.48 Å². The zero-order valence-corrected chi connectivity index (χ0v) is 15.6. The molecular weight excluding hydrogens is 362 g/mol. The highest BCUT2D eigenvalue weighted by Gasteiger charge is 2.32. The summed E-state index contributed by atoms with van der Waals surface area (Å²) < 4.78 is 25.4. The molecule has 1 aromatic carbocycles. The Hall–Kier alpha value is -1.86. The highest BCUT2D eigenvalue weighted by molar-refractivity contribution is 7.91. The number of hydrogen-bond donors (Lipinski definition) is 1. The van der Waals surface area contributed by atoms with E-state index in [0.29, 0.717) is 17.1 Å². The molecule has 1 amide bonds. The summed E-state index contributed by atoms with van der Waals surface area (Å²) in [5.74, 6) is -0.0872. The van der Waals surface area contributed by atoms with E-state index >= 15 is 0 Å². The predicted molar refractivity (Wildman–Crippen MR) is 97.6 cm³/mol. The Morgan fingerprint density at radius 1 is 1.32 bits per heavy atom. The third kappa shape index (κ3) is 4.04. The van der Waals surface area contributed by atoms with E-state index in [1.807, 2.05) is 26.0 Å². The molecule has 8 heteroatoms. The molecule has 25 heavy (non-hydrogen) atoms. The number of hydrogen-bond acceptors (Lipinski definition) is 4. The van der Waals surface area contributed by atoms with Gasteiger partial charge in [-0.25, -0.2) is 8.42 Å². The van der Waals surface area contributed by atoms with Crippen LogP contribution in [-0.4, -0.2) is 41.7 Å². The van der Waals surface area contributed by atoms with Crippen molar-refractivity contribution < 1.29 is 13.2 Å². The number of benzene rings is 1. The quantitative estimate of drug-likeness (QED) is 0.882. The second-order valence-electron chi connectivity index (χ2n) is 6.55. The van der Waals surface area contributed by atoms with Crippen molar-refractivity contribution in [3.05, 3.63) is 41.0 Å². The van der Waals surface area contributed by atoms with E-state index in [-0.39, 0.29) is 35.2 Å². The average molecular weight is 382 g/mol. The van der Waals surface area contributed by atoms with Crippen molar-refractivity contribution >= 4 is 27.3 Å². The summed E-state index contributed by atoms with van der Waals surface area (Å²) in [4.78, 5) is 12.3. The van der Waals surface area contributed by atoms with E-state index in [9.17, 15) is 13.2 Å². The number of amides is 1. The van der Waals surface area contributed by atoms with Gasteiger partial charge in [-0.1, -0.05) is 23.7 Å². The van der Waals surface area contributed by atoms with Crippen LogP contribution in [0.5, 0.6) is 0 Å². The summed E-state index contributed by atoms with van der Waals surface area (Å²) in [7, 11) is -3.06. The molecule has 0 saturated carbocycles. The van der Waals surface area contributed by atoms with Crippen molar-refractivity contribution in [3.8, 4) is 11.3 Å². The number of sulfone groups is 1. The minimum atomic E-state index is -3.06. The van der Waals surface area contributed by atoms with Crippen molar-refractivity contribution in [2.45, 2.75) is 32.4 Å². The van der Waals surface area contributed by atoms with Crippen LogP contribution in [0.3, 0.4) is 0 Å². The van der Waals surface area contributed by atoms with Gasteiger partial charge in [0.2, 0.25) is 0 Å². The molecule has 1 unspecified atom stereocenters. The third-order valence-corrected chi connectivity index (χ3v) is 6.08. The number of carbonyl (C=O) groups is 1. The number of rotatable bonds is 4. The second kappa shape index (κ2) is 6.80. The van der Waals surface area contributed by atoms with Crippen LogP contribution < -0.4 is 5.32 Å². The van der Waals surface area contributed by atoms with Gasteiger partial charge in [-0.2, -0.15) is 5.10 Å². The molecule has 1 aromatic heterocycles. The first kappa shape index (κ1) is 17.9. The zero-order chi connectivity index (χ0) is 18.2. The molecule has 1 N–H and O–H groups in total. The van der Waals surface area contributed by atoms with Gasteiger partial charge in [0, 0.05) is 11.1 Å². The first-order valence-electron chi connectivity index (χ1n) is 8.12. The fourth-order valence-corrected chi connectivity index (χ4v) is 4.74. The minimum absolute atomic E-state index is 0.0107. The maximum absolute atomic E-state index is 12.3. The van der Waals surface area contributed by atoms with Crippen LogP contribution in [0.4, 0.5) is 0 Å². The van der Waals surface area contributed by atoms with Crippen LogP contribution in [0.1, 0.15) is 36.8 Å². The molecule has 0 aliphatic carbocycles.